The number of ether oxygens (including phenoxy) is 2. The van der Waals surface area contributed by atoms with Crippen LogP contribution in [-0.4, -0.2) is 26.0 Å². The largest absolute Gasteiger partial charge is 0.497 e. The van der Waals surface area contributed by atoms with Crippen molar-refractivity contribution in [2.24, 2.45) is 0 Å². The zero-order valence-corrected chi connectivity index (χ0v) is 18.6. The first-order chi connectivity index (χ1) is 15.4. The van der Waals surface area contributed by atoms with Gasteiger partial charge in [0.05, 0.1) is 31.2 Å². The van der Waals surface area contributed by atoms with Crippen molar-refractivity contribution in [3.05, 3.63) is 88.6 Å². The lowest BCUT2D eigenvalue weighted by Crippen LogP contribution is -2.32. The summed E-state index contributed by atoms with van der Waals surface area (Å²) in [6.07, 6.45) is 0. The molecular formula is C25H21ClN2O4. The van der Waals surface area contributed by atoms with Gasteiger partial charge >= 0.3 is 0 Å². The SMILES string of the molecule is COc1ccc(C2=C(Nc3cc(Cl)ccc3OC)C(=O)N(c3cccc(C)c3)C2=O)cc1. The fraction of sp³-hybridized carbons (Fsp3) is 0.120. The molecule has 6 nitrogen and oxygen atoms in total. The molecule has 4 rings (SSSR count). The Balaban J connectivity index is 1.85. The van der Waals surface area contributed by atoms with Gasteiger partial charge in [0.25, 0.3) is 11.8 Å². The fourth-order valence-electron chi connectivity index (χ4n) is 3.59. The van der Waals surface area contributed by atoms with Crippen molar-refractivity contribution in [3.8, 4) is 11.5 Å². The lowest BCUT2D eigenvalue weighted by molar-refractivity contribution is -0.120. The van der Waals surface area contributed by atoms with Gasteiger partial charge in [-0.25, -0.2) is 4.90 Å². The molecular weight excluding hydrogens is 428 g/mol. The van der Waals surface area contributed by atoms with Crippen LogP contribution < -0.4 is 19.7 Å². The summed E-state index contributed by atoms with van der Waals surface area (Å²) in [6.45, 7) is 1.91. The van der Waals surface area contributed by atoms with E-state index in [0.717, 1.165) is 5.56 Å². The molecule has 3 aromatic carbocycles. The number of hydrogen-bond acceptors (Lipinski definition) is 5. The van der Waals surface area contributed by atoms with Gasteiger partial charge in [0.2, 0.25) is 0 Å². The number of nitrogens with zero attached hydrogens (tertiary/aromatic N) is 1. The minimum atomic E-state index is -0.464. The molecule has 0 radical (unpaired) electrons. The molecule has 3 aromatic rings. The summed E-state index contributed by atoms with van der Waals surface area (Å²) in [6, 6.07) is 19.2. The Kier molecular flexibility index (Phi) is 5.88. The standard InChI is InChI=1S/C25H21ClN2O4/c1-15-5-4-6-18(13-15)28-24(29)22(16-7-10-19(31-2)11-8-16)23(25(28)30)27-20-14-17(26)9-12-21(20)32-3/h4-14,27H,1-3H3. The van der Waals surface area contributed by atoms with Crippen molar-refractivity contribution in [2.45, 2.75) is 6.92 Å². The summed E-state index contributed by atoms with van der Waals surface area (Å²) in [5.74, 6) is 0.251. The Morgan fingerprint density at radius 2 is 1.62 bits per heavy atom. The number of rotatable bonds is 6. The number of halogens is 1. The highest BCUT2D eigenvalue weighted by atomic mass is 35.5. The van der Waals surface area contributed by atoms with Gasteiger partial charge in [-0.2, -0.15) is 0 Å². The second kappa shape index (κ2) is 8.77. The maximum Gasteiger partial charge on any atom is 0.282 e. The van der Waals surface area contributed by atoms with E-state index in [2.05, 4.69) is 5.32 Å². The highest BCUT2D eigenvalue weighted by Gasteiger charge is 2.40. The lowest BCUT2D eigenvalue weighted by atomic mass is 10.0. The third kappa shape index (κ3) is 3.92. The minimum Gasteiger partial charge on any atom is -0.497 e. The maximum absolute atomic E-state index is 13.5. The molecule has 0 fully saturated rings. The van der Waals surface area contributed by atoms with Gasteiger partial charge in [-0.3, -0.25) is 9.59 Å². The van der Waals surface area contributed by atoms with Crippen molar-refractivity contribution in [3.63, 3.8) is 0 Å². The van der Waals surface area contributed by atoms with Crippen LogP contribution in [0.4, 0.5) is 11.4 Å². The molecule has 7 heteroatoms. The molecule has 2 amide bonds. The summed E-state index contributed by atoms with van der Waals surface area (Å²) in [7, 11) is 3.09. The number of amides is 2. The number of anilines is 2. The van der Waals surface area contributed by atoms with Crippen LogP contribution in [0.25, 0.3) is 5.57 Å². The molecule has 1 aliphatic heterocycles. The highest BCUT2D eigenvalue weighted by molar-refractivity contribution is 6.46. The summed E-state index contributed by atoms with van der Waals surface area (Å²) >= 11 is 6.17. The van der Waals surface area contributed by atoms with Gasteiger partial charge < -0.3 is 14.8 Å². The Morgan fingerprint density at radius 1 is 0.875 bits per heavy atom. The van der Waals surface area contributed by atoms with Crippen molar-refractivity contribution in [2.75, 3.05) is 24.4 Å². The Labute approximate surface area is 191 Å². The first-order valence-electron chi connectivity index (χ1n) is 9.87. The van der Waals surface area contributed by atoms with Crippen LogP contribution in [0, 0.1) is 6.92 Å². The molecule has 0 spiro atoms. The first kappa shape index (κ1) is 21.5. The smallest absolute Gasteiger partial charge is 0.282 e. The molecule has 1 heterocycles. The van der Waals surface area contributed by atoms with Crippen LogP contribution in [-0.2, 0) is 9.59 Å². The van der Waals surface area contributed by atoms with E-state index in [1.807, 2.05) is 19.1 Å². The van der Waals surface area contributed by atoms with Crippen LogP contribution >= 0.6 is 11.6 Å². The molecule has 0 unspecified atom stereocenters. The monoisotopic (exact) mass is 448 g/mol. The molecule has 0 aliphatic carbocycles. The minimum absolute atomic E-state index is 0.141. The maximum atomic E-state index is 13.5. The number of nitrogens with one attached hydrogen (secondary N) is 1. The van der Waals surface area contributed by atoms with Gasteiger partial charge in [0, 0.05) is 5.02 Å². The van der Waals surface area contributed by atoms with E-state index in [4.69, 9.17) is 21.1 Å². The second-order valence-electron chi connectivity index (χ2n) is 7.23. The average Bonchev–Trinajstić information content (AvgIpc) is 3.03. The molecule has 162 valence electrons. The van der Waals surface area contributed by atoms with Gasteiger partial charge in [-0.05, 0) is 60.5 Å². The molecule has 0 bridgehead atoms. The third-order valence-corrected chi connectivity index (χ3v) is 5.38. The number of carbonyl (C=O) groups excluding carboxylic acids is 2. The Morgan fingerprint density at radius 3 is 2.28 bits per heavy atom. The normalized spacial score (nSPS) is 13.6. The van der Waals surface area contributed by atoms with E-state index in [0.29, 0.717) is 33.5 Å². The summed E-state index contributed by atoms with van der Waals surface area (Å²) in [4.78, 5) is 28.2. The van der Waals surface area contributed by atoms with Gasteiger partial charge in [-0.15, -0.1) is 0 Å². The van der Waals surface area contributed by atoms with E-state index < -0.39 is 11.8 Å². The molecule has 0 saturated carbocycles. The molecule has 0 saturated heterocycles. The van der Waals surface area contributed by atoms with Crippen LogP contribution in [0.1, 0.15) is 11.1 Å². The number of methoxy groups -OCH3 is 2. The predicted molar refractivity (Wildman–Crippen MR) is 125 cm³/mol. The number of aryl methyl sites for hydroxylation is 1. The van der Waals surface area contributed by atoms with Crippen LogP contribution in [0.5, 0.6) is 11.5 Å². The molecule has 1 aliphatic rings. The quantitative estimate of drug-likeness (QED) is 0.534. The van der Waals surface area contributed by atoms with E-state index in [1.165, 1.54) is 12.0 Å². The fourth-order valence-corrected chi connectivity index (χ4v) is 3.76. The van der Waals surface area contributed by atoms with Crippen molar-refractivity contribution < 1.29 is 19.1 Å². The van der Waals surface area contributed by atoms with Crippen LogP contribution in [0.2, 0.25) is 5.02 Å². The lowest BCUT2D eigenvalue weighted by Gasteiger charge is -2.16. The molecule has 0 aromatic heterocycles. The highest BCUT2D eigenvalue weighted by Crippen LogP contribution is 2.37. The Hall–Kier alpha value is -3.77. The third-order valence-electron chi connectivity index (χ3n) is 5.14. The number of benzene rings is 3. The van der Waals surface area contributed by atoms with Crippen LogP contribution in [0.15, 0.2) is 72.4 Å². The van der Waals surface area contributed by atoms with Crippen molar-refractivity contribution in [1.29, 1.82) is 0 Å². The topological polar surface area (TPSA) is 67.9 Å². The zero-order chi connectivity index (χ0) is 22.8. The summed E-state index contributed by atoms with van der Waals surface area (Å²) in [5, 5.41) is 3.56. The number of imide groups is 1. The van der Waals surface area contributed by atoms with Crippen LogP contribution in [0.3, 0.4) is 0 Å². The number of carbonyl (C=O) groups is 2. The summed E-state index contributed by atoms with van der Waals surface area (Å²) < 4.78 is 10.6. The Bertz CT molecular complexity index is 1230. The molecule has 32 heavy (non-hydrogen) atoms. The first-order valence-corrected chi connectivity index (χ1v) is 10.3. The van der Waals surface area contributed by atoms with E-state index >= 15 is 0 Å². The predicted octanol–water partition coefficient (Wildman–Crippen LogP) is 5.06. The van der Waals surface area contributed by atoms with E-state index in [1.54, 1.807) is 61.7 Å². The number of hydrogen-bond donors (Lipinski definition) is 1. The van der Waals surface area contributed by atoms with E-state index in [-0.39, 0.29) is 11.3 Å². The van der Waals surface area contributed by atoms with Crippen molar-refractivity contribution >= 4 is 40.4 Å². The van der Waals surface area contributed by atoms with Gasteiger partial charge in [0.1, 0.15) is 17.2 Å². The van der Waals surface area contributed by atoms with Gasteiger partial charge in [0.15, 0.2) is 0 Å². The molecule has 0 atom stereocenters. The molecule has 1 N–H and O–H groups in total. The zero-order valence-electron chi connectivity index (χ0n) is 17.8. The van der Waals surface area contributed by atoms with Gasteiger partial charge in [-0.1, -0.05) is 35.9 Å². The summed E-state index contributed by atoms with van der Waals surface area (Å²) in [5.41, 5.74) is 2.90. The second-order valence-corrected chi connectivity index (χ2v) is 7.67. The average molecular weight is 449 g/mol. The van der Waals surface area contributed by atoms with E-state index in [9.17, 15) is 9.59 Å². The van der Waals surface area contributed by atoms with Crippen molar-refractivity contribution in [1.82, 2.24) is 0 Å².